The van der Waals surface area contributed by atoms with Crippen LogP contribution in [0.25, 0.3) is 0 Å². The van der Waals surface area contributed by atoms with Crippen molar-refractivity contribution >= 4 is 11.6 Å². The van der Waals surface area contributed by atoms with Gasteiger partial charge in [-0.3, -0.25) is 4.90 Å². The number of piperidine rings is 1. The monoisotopic (exact) mass is 296 g/mol. The largest absolute Gasteiger partial charge is 0.496 e. The summed E-state index contributed by atoms with van der Waals surface area (Å²) in [6, 6.07) is 5.53. The maximum atomic E-state index is 6.57. The van der Waals surface area contributed by atoms with E-state index < -0.39 is 0 Å². The molecule has 0 saturated carbocycles. The SMILES string of the molecule is COc1ccc(Cl)cc1C(N)C(C)(C)N1CCCCC1. The van der Waals surface area contributed by atoms with Crippen LogP contribution < -0.4 is 10.5 Å². The van der Waals surface area contributed by atoms with E-state index in [-0.39, 0.29) is 11.6 Å². The number of likely N-dealkylation sites (tertiary alicyclic amines) is 1. The number of hydrogen-bond donors (Lipinski definition) is 1. The predicted octanol–water partition coefficient (Wildman–Crippen LogP) is 3.61. The van der Waals surface area contributed by atoms with E-state index in [9.17, 15) is 0 Å². The smallest absolute Gasteiger partial charge is 0.123 e. The van der Waals surface area contributed by atoms with Gasteiger partial charge in [-0.1, -0.05) is 18.0 Å². The highest BCUT2D eigenvalue weighted by Crippen LogP contribution is 2.36. The van der Waals surface area contributed by atoms with E-state index in [0.717, 1.165) is 24.4 Å². The Morgan fingerprint density at radius 3 is 2.50 bits per heavy atom. The highest BCUT2D eigenvalue weighted by molar-refractivity contribution is 6.30. The van der Waals surface area contributed by atoms with Gasteiger partial charge in [0.15, 0.2) is 0 Å². The highest BCUT2D eigenvalue weighted by atomic mass is 35.5. The number of rotatable bonds is 4. The lowest BCUT2D eigenvalue weighted by atomic mass is 9.85. The zero-order valence-corrected chi connectivity index (χ0v) is 13.4. The van der Waals surface area contributed by atoms with Crippen LogP contribution in [0, 0.1) is 0 Å². The van der Waals surface area contributed by atoms with Crippen molar-refractivity contribution in [1.82, 2.24) is 4.90 Å². The van der Waals surface area contributed by atoms with Crippen LogP contribution in [0.1, 0.15) is 44.7 Å². The molecular formula is C16H25ClN2O. The van der Waals surface area contributed by atoms with E-state index in [1.807, 2.05) is 18.2 Å². The maximum Gasteiger partial charge on any atom is 0.123 e. The lowest BCUT2D eigenvalue weighted by Gasteiger charge is -2.45. The number of ether oxygens (including phenoxy) is 1. The number of hydrogen-bond acceptors (Lipinski definition) is 3. The van der Waals surface area contributed by atoms with E-state index in [1.165, 1.54) is 19.3 Å². The minimum Gasteiger partial charge on any atom is -0.496 e. The first-order valence-electron chi connectivity index (χ1n) is 7.31. The molecule has 1 saturated heterocycles. The summed E-state index contributed by atoms with van der Waals surface area (Å²) in [6.45, 7) is 6.65. The molecule has 0 aliphatic carbocycles. The summed E-state index contributed by atoms with van der Waals surface area (Å²) in [7, 11) is 1.67. The first-order chi connectivity index (χ1) is 9.46. The lowest BCUT2D eigenvalue weighted by Crippen LogP contribution is -2.53. The third-order valence-corrected chi connectivity index (χ3v) is 4.69. The van der Waals surface area contributed by atoms with E-state index >= 15 is 0 Å². The fourth-order valence-electron chi connectivity index (χ4n) is 3.00. The number of nitrogens with two attached hydrogens (primary N) is 1. The molecule has 0 aromatic heterocycles. The van der Waals surface area contributed by atoms with Crippen LogP contribution in [0.5, 0.6) is 5.75 Å². The average molecular weight is 297 g/mol. The number of benzene rings is 1. The Balaban J connectivity index is 2.28. The summed E-state index contributed by atoms with van der Waals surface area (Å²) >= 11 is 6.13. The fourth-order valence-corrected chi connectivity index (χ4v) is 3.18. The van der Waals surface area contributed by atoms with Crippen molar-refractivity contribution in [2.45, 2.75) is 44.7 Å². The molecule has 3 nitrogen and oxygen atoms in total. The second-order valence-electron chi connectivity index (χ2n) is 6.07. The van der Waals surface area contributed by atoms with Gasteiger partial charge in [-0.05, 0) is 58.0 Å². The summed E-state index contributed by atoms with van der Waals surface area (Å²) in [5.41, 5.74) is 7.44. The summed E-state index contributed by atoms with van der Waals surface area (Å²) in [5, 5.41) is 0.700. The predicted molar refractivity (Wildman–Crippen MR) is 84.4 cm³/mol. The Bertz CT molecular complexity index is 456. The third-order valence-electron chi connectivity index (χ3n) is 4.46. The molecular weight excluding hydrogens is 272 g/mol. The van der Waals surface area contributed by atoms with Gasteiger partial charge in [0.2, 0.25) is 0 Å². The van der Waals surface area contributed by atoms with Gasteiger partial charge in [0.05, 0.1) is 13.2 Å². The summed E-state index contributed by atoms with van der Waals surface area (Å²) in [6.07, 6.45) is 3.83. The van der Waals surface area contributed by atoms with E-state index in [2.05, 4.69) is 18.7 Å². The zero-order valence-electron chi connectivity index (χ0n) is 12.7. The standard InChI is InChI=1S/C16H25ClN2O/c1-16(2,19-9-5-4-6-10-19)15(18)13-11-12(17)7-8-14(13)20-3/h7-8,11,15H,4-6,9-10,18H2,1-3H3. The Labute approximate surface area is 127 Å². The Morgan fingerprint density at radius 2 is 1.90 bits per heavy atom. The maximum absolute atomic E-state index is 6.57. The second kappa shape index (κ2) is 6.33. The fraction of sp³-hybridized carbons (Fsp3) is 0.625. The van der Waals surface area contributed by atoms with Crippen LogP contribution in [-0.2, 0) is 0 Å². The zero-order chi connectivity index (χ0) is 14.8. The highest BCUT2D eigenvalue weighted by Gasteiger charge is 2.36. The Hall–Kier alpha value is -0.770. The topological polar surface area (TPSA) is 38.5 Å². The molecule has 2 N–H and O–H groups in total. The molecule has 0 spiro atoms. The third kappa shape index (κ3) is 3.11. The quantitative estimate of drug-likeness (QED) is 0.922. The molecule has 2 rings (SSSR count). The summed E-state index contributed by atoms with van der Waals surface area (Å²) < 4.78 is 5.45. The van der Waals surface area contributed by atoms with Crippen molar-refractivity contribution in [1.29, 1.82) is 0 Å². The second-order valence-corrected chi connectivity index (χ2v) is 6.50. The van der Waals surface area contributed by atoms with Gasteiger partial charge < -0.3 is 10.5 Å². The minimum absolute atomic E-state index is 0.113. The molecule has 1 fully saturated rings. The molecule has 1 aromatic carbocycles. The lowest BCUT2D eigenvalue weighted by molar-refractivity contribution is 0.0722. The molecule has 112 valence electrons. The van der Waals surface area contributed by atoms with Gasteiger partial charge in [0.1, 0.15) is 5.75 Å². The first kappa shape index (κ1) is 15.6. The van der Waals surface area contributed by atoms with Gasteiger partial charge in [-0.25, -0.2) is 0 Å². The van der Waals surface area contributed by atoms with Crippen molar-refractivity contribution in [3.05, 3.63) is 28.8 Å². The van der Waals surface area contributed by atoms with Gasteiger partial charge in [0, 0.05) is 16.1 Å². The molecule has 20 heavy (non-hydrogen) atoms. The van der Waals surface area contributed by atoms with Crippen molar-refractivity contribution in [3.8, 4) is 5.75 Å². The van der Waals surface area contributed by atoms with Crippen LogP contribution in [0.15, 0.2) is 18.2 Å². The molecule has 1 aliphatic rings. The molecule has 1 aliphatic heterocycles. The van der Waals surface area contributed by atoms with Gasteiger partial charge >= 0.3 is 0 Å². The number of methoxy groups -OCH3 is 1. The number of halogens is 1. The average Bonchev–Trinajstić information content (AvgIpc) is 2.47. The Morgan fingerprint density at radius 1 is 1.25 bits per heavy atom. The van der Waals surface area contributed by atoms with Crippen LogP contribution in [-0.4, -0.2) is 30.6 Å². The molecule has 4 heteroatoms. The van der Waals surface area contributed by atoms with E-state index in [0.29, 0.717) is 5.02 Å². The van der Waals surface area contributed by atoms with E-state index in [1.54, 1.807) is 7.11 Å². The first-order valence-corrected chi connectivity index (χ1v) is 7.68. The van der Waals surface area contributed by atoms with Crippen molar-refractivity contribution in [2.75, 3.05) is 20.2 Å². The number of nitrogens with zero attached hydrogens (tertiary/aromatic N) is 1. The van der Waals surface area contributed by atoms with Crippen LogP contribution in [0.4, 0.5) is 0 Å². The van der Waals surface area contributed by atoms with Crippen LogP contribution in [0.2, 0.25) is 5.02 Å². The van der Waals surface area contributed by atoms with Gasteiger partial charge in [-0.15, -0.1) is 0 Å². The Kier molecular flexibility index (Phi) is 4.95. The normalized spacial score (nSPS) is 18.9. The summed E-state index contributed by atoms with van der Waals surface area (Å²) in [4.78, 5) is 2.49. The van der Waals surface area contributed by atoms with Crippen LogP contribution in [0.3, 0.4) is 0 Å². The van der Waals surface area contributed by atoms with Crippen molar-refractivity contribution in [2.24, 2.45) is 5.73 Å². The van der Waals surface area contributed by atoms with Gasteiger partial charge in [0.25, 0.3) is 0 Å². The molecule has 0 bridgehead atoms. The summed E-state index contributed by atoms with van der Waals surface area (Å²) in [5.74, 6) is 0.812. The van der Waals surface area contributed by atoms with E-state index in [4.69, 9.17) is 22.1 Å². The van der Waals surface area contributed by atoms with Crippen molar-refractivity contribution in [3.63, 3.8) is 0 Å². The van der Waals surface area contributed by atoms with Crippen molar-refractivity contribution < 1.29 is 4.74 Å². The van der Waals surface area contributed by atoms with Crippen LogP contribution >= 0.6 is 11.6 Å². The molecule has 1 unspecified atom stereocenters. The molecule has 0 radical (unpaired) electrons. The minimum atomic E-state index is -0.130. The molecule has 0 amide bonds. The molecule has 1 atom stereocenters. The molecule has 1 aromatic rings. The molecule has 1 heterocycles. The van der Waals surface area contributed by atoms with Gasteiger partial charge in [-0.2, -0.15) is 0 Å².